The van der Waals surface area contributed by atoms with E-state index < -0.39 is 0 Å². The molecule has 0 nitrogen and oxygen atoms in total. The first-order valence-corrected chi connectivity index (χ1v) is 17.2. The third-order valence-corrected chi connectivity index (χ3v) is 5.58. The largest absolute Gasteiger partial charge is 1.00 e. The van der Waals surface area contributed by atoms with E-state index in [-0.39, 0.29) is 30.2 Å². The number of hydrogen-bond acceptors (Lipinski definition) is 0. The third-order valence-electron chi connectivity index (χ3n) is 5.58. The summed E-state index contributed by atoms with van der Waals surface area (Å²) >= 11 is 1.74. The molecule has 172 valence electrons. The Labute approximate surface area is 223 Å². The first-order chi connectivity index (χ1) is 14.2. The fraction of sp³-hybridized carbons (Fsp3) is 0.357. The predicted molar refractivity (Wildman–Crippen MR) is 134 cm³/mol. The molecule has 0 saturated heterocycles. The van der Waals surface area contributed by atoms with E-state index in [1.54, 1.807) is 23.3 Å². The van der Waals surface area contributed by atoms with Crippen molar-refractivity contribution >= 4 is 27.0 Å². The molecule has 4 rings (SSSR count). The van der Waals surface area contributed by atoms with Crippen LogP contribution in [0.1, 0.15) is 47.2 Å². The van der Waals surface area contributed by atoms with Crippen LogP contribution in [0, 0.1) is 27.7 Å². The minimum Gasteiger partial charge on any atom is -1.00 e. The maximum atomic E-state index is 2.32. The van der Waals surface area contributed by atoms with Crippen LogP contribution >= 0.6 is 0 Å². The normalized spacial score (nSPS) is 9.81. The van der Waals surface area contributed by atoms with Crippen LogP contribution in [0.25, 0.3) is 21.5 Å². The SMILES string of the molecule is CCc1cc2c(C)ccc(C)c2[cH-]1.CCc1cc2c(C)ccc(C)c2[cH-]1.C[Si](C)=[Zr+2].[Cl-].[Cl-]. The number of benzene rings is 2. The van der Waals surface area contributed by atoms with Crippen LogP contribution in [0.5, 0.6) is 0 Å². The molecule has 0 aliphatic carbocycles. The van der Waals surface area contributed by atoms with Gasteiger partial charge in [0.15, 0.2) is 0 Å². The second-order valence-electron chi connectivity index (χ2n) is 8.49. The molecule has 0 radical (unpaired) electrons. The zero-order chi connectivity index (χ0) is 22.4. The number of rotatable bonds is 2. The van der Waals surface area contributed by atoms with E-state index in [2.05, 4.69) is 103 Å². The average molecular weight is 563 g/mol. The van der Waals surface area contributed by atoms with Gasteiger partial charge in [-0.2, -0.15) is 12.1 Å². The van der Waals surface area contributed by atoms with Gasteiger partial charge in [-0.25, -0.2) is 0 Å². The Balaban J connectivity index is 0.000000490. The summed E-state index contributed by atoms with van der Waals surface area (Å²) in [4.78, 5) is 0. The van der Waals surface area contributed by atoms with Gasteiger partial charge in [-0.05, 0) is 26.7 Å². The number of aryl methyl sites for hydroxylation is 6. The minimum absolute atomic E-state index is 0. The van der Waals surface area contributed by atoms with Crippen molar-refractivity contribution in [2.75, 3.05) is 0 Å². The van der Waals surface area contributed by atoms with Gasteiger partial charge in [-0.1, -0.05) is 51.0 Å². The Bertz CT molecular complexity index is 983. The molecule has 0 unspecified atom stereocenters. The Kier molecular flexibility index (Phi) is 14.3. The molecule has 0 aromatic heterocycles. The van der Waals surface area contributed by atoms with Crippen molar-refractivity contribution in [3.63, 3.8) is 0 Å². The molecule has 0 N–H and O–H groups in total. The van der Waals surface area contributed by atoms with Crippen LogP contribution in [-0.4, -0.2) is 5.43 Å². The van der Waals surface area contributed by atoms with Gasteiger partial charge in [0.1, 0.15) is 0 Å². The van der Waals surface area contributed by atoms with Gasteiger partial charge in [0, 0.05) is 0 Å². The van der Waals surface area contributed by atoms with Crippen molar-refractivity contribution < 1.29 is 48.1 Å². The Morgan fingerprint density at radius 2 is 0.938 bits per heavy atom. The average Bonchev–Trinajstić information content (AvgIpc) is 3.33. The van der Waals surface area contributed by atoms with Crippen molar-refractivity contribution in [1.29, 1.82) is 0 Å². The molecule has 0 atom stereocenters. The van der Waals surface area contributed by atoms with Crippen molar-refractivity contribution in [3.8, 4) is 0 Å². The Morgan fingerprint density at radius 1 is 0.656 bits per heavy atom. The molecule has 0 aliphatic rings. The monoisotopic (exact) mass is 560 g/mol. The van der Waals surface area contributed by atoms with E-state index in [1.165, 1.54) is 54.9 Å². The quantitative estimate of drug-likeness (QED) is 0.260. The second-order valence-corrected chi connectivity index (χ2v) is 17.9. The summed E-state index contributed by atoms with van der Waals surface area (Å²) in [7, 11) is 0. The van der Waals surface area contributed by atoms with Gasteiger partial charge >= 0.3 is 41.9 Å². The van der Waals surface area contributed by atoms with Crippen LogP contribution in [-0.2, 0) is 36.2 Å². The summed E-state index contributed by atoms with van der Waals surface area (Å²) in [5.41, 5.74) is 8.67. The minimum atomic E-state index is 0. The van der Waals surface area contributed by atoms with Crippen molar-refractivity contribution in [2.45, 2.75) is 67.5 Å². The zero-order valence-electron chi connectivity index (χ0n) is 20.8. The first kappa shape index (κ1) is 31.3. The van der Waals surface area contributed by atoms with Gasteiger partial charge in [-0.15, -0.1) is 68.1 Å². The maximum absolute atomic E-state index is 2.32. The van der Waals surface area contributed by atoms with Gasteiger partial charge in [0.25, 0.3) is 0 Å². The van der Waals surface area contributed by atoms with Gasteiger partial charge in [0.05, 0.1) is 0 Å². The van der Waals surface area contributed by atoms with Gasteiger partial charge < -0.3 is 24.8 Å². The van der Waals surface area contributed by atoms with Crippen molar-refractivity contribution in [3.05, 3.63) is 81.9 Å². The third kappa shape index (κ3) is 8.28. The van der Waals surface area contributed by atoms with Crippen LogP contribution in [0.15, 0.2) is 48.5 Å². The molecule has 4 aromatic rings. The zero-order valence-corrected chi connectivity index (χ0v) is 25.8. The molecule has 0 aliphatic heterocycles. The Morgan fingerprint density at radius 3 is 1.19 bits per heavy atom. The van der Waals surface area contributed by atoms with E-state index >= 15 is 0 Å². The van der Waals surface area contributed by atoms with E-state index in [1.807, 2.05) is 0 Å². The van der Waals surface area contributed by atoms with Crippen LogP contribution in [0.4, 0.5) is 0 Å². The summed E-state index contributed by atoms with van der Waals surface area (Å²) in [5, 5.41) is 5.71. The summed E-state index contributed by atoms with van der Waals surface area (Å²) < 4.78 is 0. The van der Waals surface area contributed by atoms with Crippen LogP contribution < -0.4 is 24.8 Å². The van der Waals surface area contributed by atoms with E-state index in [0.717, 1.165) is 12.8 Å². The summed E-state index contributed by atoms with van der Waals surface area (Å²) in [6.45, 7) is 17.8. The van der Waals surface area contributed by atoms with Gasteiger partial charge in [0.2, 0.25) is 0 Å². The van der Waals surface area contributed by atoms with E-state index in [9.17, 15) is 0 Å². The topological polar surface area (TPSA) is 0 Å². The molecule has 0 heterocycles. The molecule has 4 aromatic carbocycles. The summed E-state index contributed by atoms with van der Waals surface area (Å²) in [6, 6.07) is 18.1. The molecule has 4 heteroatoms. The first-order valence-electron chi connectivity index (χ1n) is 11.0. The molecule has 0 bridgehead atoms. The fourth-order valence-corrected chi connectivity index (χ4v) is 3.71. The molecule has 0 spiro atoms. The predicted octanol–water partition coefficient (Wildman–Crippen LogP) is 2.27. The second kappa shape index (κ2) is 14.6. The molecular formula is C28H36Cl2SiZr-2. The Hall–Kier alpha value is -0.660. The summed E-state index contributed by atoms with van der Waals surface area (Å²) in [5.74, 6) is 0. The van der Waals surface area contributed by atoms with Gasteiger partial charge in [-0.3, -0.25) is 0 Å². The van der Waals surface area contributed by atoms with E-state index in [0.29, 0.717) is 0 Å². The molecule has 0 fully saturated rings. The summed E-state index contributed by atoms with van der Waals surface area (Å²) in [6.07, 6.45) is 2.26. The van der Waals surface area contributed by atoms with Crippen LogP contribution in [0.3, 0.4) is 0 Å². The fourth-order valence-electron chi connectivity index (χ4n) is 3.71. The molecule has 0 saturated carbocycles. The number of halogens is 2. The van der Waals surface area contributed by atoms with Crippen molar-refractivity contribution in [2.24, 2.45) is 0 Å². The van der Waals surface area contributed by atoms with Crippen LogP contribution in [0.2, 0.25) is 13.1 Å². The van der Waals surface area contributed by atoms with Crippen molar-refractivity contribution in [1.82, 2.24) is 0 Å². The molecule has 0 amide bonds. The standard InChI is InChI=1S/2C13H15.C2H6Si.2ClH.Zr/c2*1-4-11-7-12-9(2)5-6-10(3)13(12)8-11;1-3-2;;;/h2*5-8H,4H2,1-3H3;1-2H3;2*1H;/q2*-1;;;;+2/p-2. The maximum Gasteiger partial charge on any atom is -1.00 e. The smallest absolute Gasteiger partial charge is 1.00 e. The van der Waals surface area contributed by atoms with E-state index in [4.69, 9.17) is 0 Å². The molecule has 32 heavy (non-hydrogen) atoms. The number of fused-ring (bicyclic) bond motifs is 2. The molecular weight excluding hydrogens is 527 g/mol. The number of hydrogen-bond donors (Lipinski definition) is 0.